The van der Waals surface area contributed by atoms with Crippen molar-refractivity contribution in [1.29, 1.82) is 0 Å². The van der Waals surface area contributed by atoms with E-state index in [4.69, 9.17) is 10.5 Å². The van der Waals surface area contributed by atoms with Crippen molar-refractivity contribution in [3.8, 4) is 0 Å². The molecule has 2 N–H and O–H groups in total. The van der Waals surface area contributed by atoms with E-state index in [2.05, 4.69) is 62.4 Å². The molecule has 2 aromatic carbocycles. The lowest BCUT2D eigenvalue weighted by Gasteiger charge is -2.44. The van der Waals surface area contributed by atoms with Crippen LogP contribution in [0.15, 0.2) is 60.7 Å². The molecule has 0 bridgehead atoms. The van der Waals surface area contributed by atoms with Crippen molar-refractivity contribution in [2.45, 2.75) is 32.1 Å². The molecule has 1 heterocycles. The van der Waals surface area contributed by atoms with E-state index in [1.807, 2.05) is 12.1 Å². The maximum Gasteiger partial charge on any atom is 0.0873 e. The van der Waals surface area contributed by atoms with Gasteiger partial charge in [0.15, 0.2) is 0 Å². The third-order valence-corrected chi connectivity index (χ3v) is 4.72. The molecule has 3 rings (SSSR count). The van der Waals surface area contributed by atoms with E-state index in [1.165, 1.54) is 11.1 Å². The molecule has 0 radical (unpaired) electrons. The minimum atomic E-state index is 0.0580. The Hall–Kier alpha value is -1.64. The molecule has 1 aliphatic heterocycles. The van der Waals surface area contributed by atoms with Crippen LogP contribution in [-0.2, 0) is 4.74 Å². The van der Waals surface area contributed by atoms with Gasteiger partial charge in [0, 0.05) is 17.9 Å². The van der Waals surface area contributed by atoms with Crippen molar-refractivity contribution in [2.75, 3.05) is 0 Å². The molecule has 1 saturated heterocycles. The first kappa shape index (κ1) is 14.3. The lowest BCUT2D eigenvalue weighted by atomic mass is 9.77. The number of nitrogens with two attached hydrogens (primary N) is 1. The van der Waals surface area contributed by atoms with Crippen molar-refractivity contribution < 1.29 is 4.74 Å². The fraction of sp³-hybridized carbons (Fsp3) is 0.368. The zero-order valence-electron chi connectivity index (χ0n) is 12.6. The highest BCUT2D eigenvalue weighted by Gasteiger charge is 2.40. The highest BCUT2D eigenvalue weighted by atomic mass is 16.5. The summed E-state index contributed by atoms with van der Waals surface area (Å²) in [5.41, 5.74) is 8.93. The third kappa shape index (κ3) is 2.74. The fourth-order valence-electron chi connectivity index (χ4n) is 3.34. The van der Waals surface area contributed by atoms with Crippen LogP contribution in [0, 0.1) is 11.8 Å². The van der Waals surface area contributed by atoms with Gasteiger partial charge in [-0.3, -0.25) is 0 Å². The van der Waals surface area contributed by atoms with Crippen LogP contribution in [-0.4, -0.2) is 6.04 Å². The second-order valence-electron chi connectivity index (χ2n) is 6.09. The van der Waals surface area contributed by atoms with E-state index in [-0.39, 0.29) is 18.2 Å². The lowest BCUT2D eigenvalue weighted by molar-refractivity contribution is -0.122. The van der Waals surface area contributed by atoms with Crippen LogP contribution in [0.5, 0.6) is 0 Å². The van der Waals surface area contributed by atoms with Crippen LogP contribution in [0.3, 0.4) is 0 Å². The monoisotopic (exact) mass is 281 g/mol. The van der Waals surface area contributed by atoms with E-state index in [0.717, 1.165) is 0 Å². The largest absolute Gasteiger partial charge is 0.365 e. The predicted octanol–water partition coefficient (Wildman–Crippen LogP) is 4.10. The number of ether oxygens (including phenoxy) is 1. The quantitative estimate of drug-likeness (QED) is 0.899. The highest BCUT2D eigenvalue weighted by molar-refractivity contribution is 5.23. The van der Waals surface area contributed by atoms with Crippen molar-refractivity contribution in [1.82, 2.24) is 0 Å². The maximum absolute atomic E-state index is 6.50. The van der Waals surface area contributed by atoms with Crippen molar-refractivity contribution in [3.05, 3.63) is 71.8 Å². The normalized spacial score (nSPS) is 32.8. The molecular formula is C19H23NO. The van der Waals surface area contributed by atoms with Crippen LogP contribution in [0.4, 0.5) is 0 Å². The second-order valence-corrected chi connectivity index (χ2v) is 6.09. The first-order chi connectivity index (χ1) is 10.2. The molecule has 1 fully saturated rings. The zero-order valence-corrected chi connectivity index (χ0v) is 12.6. The molecule has 2 nitrogen and oxygen atoms in total. The Morgan fingerprint density at radius 2 is 1.10 bits per heavy atom. The molecule has 2 aromatic rings. The van der Waals surface area contributed by atoms with Crippen LogP contribution in [0.2, 0.25) is 0 Å². The molecule has 0 saturated carbocycles. The Labute approximate surface area is 126 Å². The third-order valence-electron chi connectivity index (χ3n) is 4.72. The summed E-state index contributed by atoms with van der Waals surface area (Å²) in [4.78, 5) is 0. The first-order valence-electron chi connectivity index (χ1n) is 7.69. The van der Waals surface area contributed by atoms with Crippen LogP contribution < -0.4 is 5.73 Å². The minimum absolute atomic E-state index is 0.0580. The Kier molecular flexibility index (Phi) is 4.09. The Morgan fingerprint density at radius 3 is 1.48 bits per heavy atom. The van der Waals surface area contributed by atoms with Gasteiger partial charge in [-0.05, 0) is 11.1 Å². The van der Waals surface area contributed by atoms with Gasteiger partial charge in [-0.2, -0.15) is 0 Å². The summed E-state index contributed by atoms with van der Waals surface area (Å²) < 4.78 is 6.47. The van der Waals surface area contributed by atoms with E-state index in [9.17, 15) is 0 Å². The van der Waals surface area contributed by atoms with Gasteiger partial charge >= 0.3 is 0 Å². The molecular weight excluding hydrogens is 258 g/mol. The minimum Gasteiger partial charge on any atom is -0.365 e. The van der Waals surface area contributed by atoms with Crippen LogP contribution >= 0.6 is 0 Å². The van der Waals surface area contributed by atoms with Gasteiger partial charge in [-0.15, -0.1) is 0 Å². The van der Waals surface area contributed by atoms with Gasteiger partial charge in [-0.1, -0.05) is 74.5 Å². The van der Waals surface area contributed by atoms with Gasteiger partial charge in [0.05, 0.1) is 12.2 Å². The number of hydrogen-bond donors (Lipinski definition) is 1. The Balaban J connectivity index is 1.93. The average Bonchev–Trinajstić information content (AvgIpc) is 2.55. The smallest absolute Gasteiger partial charge is 0.0873 e. The van der Waals surface area contributed by atoms with E-state index in [0.29, 0.717) is 11.8 Å². The Bertz CT molecular complexity index is 517. The number of benzene rings is 2. The first-order valence-corrected chi connectivity index (χ1v) is 7.69. The van der Waals surface area contributed by atoms with Crippen molar-refractivity contribution in [3.63, 3.8) is 0 Å². The maximum atomic E-state index is 6.50. The summed E-state index contributed by atoms with van der Waals surface area (Å²) in [7, 11) is 0. The summed E-state index contributed by atoms with van der Waals surface area (Å²) >= 11 is 0. The molecule has 1 aliphatic rings. The average molecular weight is 281 g/mol. The summed E-state index contributed by atoms with van der Waals surface area (Å²) in [5.74, 6) is 0.615. The summed E-state index contributed by atoms with van der Waals surface area (Å²) in [6, 6.07) is 21.0. The standard InChI is InChI=1S/C19H23NO/c1-13-17(20)14(2)19(16-11-7-4-8-12-16)21-18(13)15-9-5-3-6-10-15/h3-14,17-19H,20H2,1-2H3/t13-,14+,17?,18-,19+. The van der Waals surface area contributed by atoms with Gasteiger partial charge in [0.1, 0.15) is 0 Å². The van der Waals surface area contributed by atoms with Crippen LogP contribution in [0.25, 0.3) is 0 Å². The molecule has 0 spiro atoms. The van der Waals surface area contributed by atoms with Gasteiger partial charge in [-0.25, -0.2) is 0 Å². The fourth-order valence-corrected chi connectivity index (χ4v) is 3.34. The molecule has 0 amide bonds. The Morgan fingerprint density at radius 1 is 0.714 bits per heavy atom. The van der Waals surface area contributed by atoms with Gasteiger partial charge in [0.25, 0.3) is 0 Å². The van der Waals surface area contributed by atoms with E-state index in [1.54, 1.807) is 0 Å². The van der Waals surface area contributed by atoms with Gasteiger partial charge < -0.3 is 10.5 Å². The SMILES string of the molecule is C[C@@H]1C(N)[C@H](C)[C@@H](c2ccccc2)O[C@H]1c1ccccc1. The summed E-state index contributed by atoms with van der Waals surface area (Å²) in [5, 5.41) is 0. The molecule has 0 aromatic heterocycles. The van der Waals surface area contributed by atoms with E-state index >= 15 is 0 Å². The predicted molar refractivity (Wildman–Crippen MR) is 85.8 cm³/mol. The lowest BCUT2D eigenvalue weighted by Crippen LogP contribution is -2.46. The molecule has 0 aliphatic carbocycles. The summed E-state index contributed by atoms with van der Waals surface area (Å²) in [6.07, 6.45) is 0.116. The van der Waals surface area contributed by atoms with Crippen LogP contribution in [0.1, 0.15) is 37.2 Å². The number of rotatable bonds is 2. The van der Waals surface area contributed by atoms with Gasteiger partial charge in [0.2, 0.25) is 0 Å². The molecule has 110 valence electrons. The number of hydrogen-bond acceptors (Lipinski definition) is 2. The van der Waals surface area contributed by atoms with E-state index < -0.39 is 0 Å². The second kappa shape index (κ2) is 6.00. The highest BCUT2D eigenvalue weighted by Crippen LogP contribution is 2.44. The van der Waals surface area contributed by atoms with Crippen molar-refractivity contribution in [2.24, 2.45) is 17.6 Å². The van der Waals surface area contributed by atoms with Crippen molar-refractivity contribution >= 4 is 0 Å². The summed E-state index contributed by atoms with van der Waals surface area (Å²) in [6.45, 7) is 4.39. The molecule has 1 unspecified atom stereocenters. The molecule has 2 heteroatoms. The topological polar surface area (TPSA) is 35.2 Å². The molecule has 5 atom stereocenters. The zero-order chi connectivity index (χ0) is 14.8. The molecule has 21 heavy (non-hydrogen) atoms.